The van der Waals surface area contributed by atoms with Crippen LogP contribution in [-0.4, -0.2) is 74.9 Å². The van der Waals surface area contributed by atoms with E-state index in [4.69, 9.17) is 18.5 Å². The van der Waals surface area contributed by atoms with E-state index >= 15 is 0 Å². The van der Waals surface area contributed by atoms with Gasteiger partial charge < -0.3 is 18.9 Å². The summed E-state index contributed by atoms with van der Waals surface area (Å²) in [6.45, 7) is 4.40. The van der Waals surface area contributed by atoms with E-state index in [1.807, 2.05) is 21.1 Å². The molecule has 0 saturated heterocycles. The number of allylic oxidation sites excluding steroid dienone is 12. The number of likely N-dealkylation sites (N-methyl/N-ethyl adjacent to an activating group) is 1. The molecule has 0 aliphatic heterocycles. The minimum absolute atomic E-state index is 0.0256. The third-order valence-electron chi connectivity index (χ3n) is 12.2. The molecule has 0 aromatic carbocycles. The van der Waals surface area contributed by atoms with Gasteiger partial charge >= 0.3 is 19.8 Å². The number of unbranched alkanes of at least 4 members (excludes halogenated alkanes) is 26. The number of esters is 2. The molecular formula is C60H109NO8P+. The van der Waals surface area contributed by atoms with E-state index in [2.05, 4.69) is 86.8 Å². The Morgan fingerprint density at radius 3 is 1.14 bits per heavy atom. The summed E-state index contributed by atoms with van der Waals surface area (Å²) in [5.74, 6) is -0.815. The lowest BCUT2D eigenvalue weighted by Gasteiger charge is -2.24. The number of ether oxygens (including phenoxy) is 2. The van der Waals surface area contributed by atoms with Crippen molar-refractivity contribution in [3.8, 4) is 0 Å². The summed E-state index contributed by atoms with van der Waals surface area (Å²) in [7, 11) is 1.46. The Hall–Kier alpha value is -2.55. The Morgan fingerprint density at radius 1 is 0.443 bits per heavy atom. The maximum Gasteiger partial charge on any atom is 0.472 e. The van der Waals surface area contributed by atoms with Crippen molar-refractivity contribution in [3.05, 3.63) is 72.9 Å². The standard InChI is InChI=1S/C60H108NO8P/c1-6-8-10-12-14-16-18-20-22-24-26-28-29-30-31-33-35-37-39-41-43-45-47-49-51-53-60(63)69-58(57-68-70(64,65)67-55-54-61(3,4)5)56-66-59(62)52-50-48-46-44-42-40-38-36-34-32-27-25-23-21-19-17-15-13-11-9-7-2/h18-21,24-27,29-30,34,36,58H,6-17,22-23,28,31-33,35,37-57H2,1-5H3/p+1/b20-18-,21-19-,26-24-,27-25-,30-29-,36-34-. The second-order valence-electron chi connectivity index (χ2n) is 20.3. The molecule has 0 rings (SSSR count). The van der Waals surface area contributed by atoms with Gasteiger partial charge in [0.2, 0.25) is 0 Å². The van der Waals surface area contributed by atoms with E-state index < -0.39 is 26.5 Å². The molecule has 406 valence electrons. The summed E-state index contributed by atoms with van der Waals surface area (Å²) in [6, 6.07) is 0. The summed E-state index contributed by atoms with van der Waals surface area (Å²) in [5, 5.41) is 0. The first kappa shape index (κ1) is 67.5. The van der Waals surface area contributed by atoms with E-state index in [1.165, 1.54) is 128 Å². The Kier molecular flexibility index (Phi) is 49.5. The van der Waals surface area contributed by atoms with Gasteiger partial charge in [-0.15, -0.1) is 0 Å². The van der Waals surface area contributed by atoms with Crippen molar-refractivity contribution in [3.63, 3.8) is 0 Å². The maximum atomic E-state index is 12.8. The second-order valence-corrected chi connectivity index (χ2v) is 21.8. The first-order chi connectivity index (χ1) is 34.0. The molecule has 0 aromatic rings. The lowest BCUT2D eigenvalue weighted by Crippen LogP contribution is -2.37. The summed E-state index contributed by atoms with van der Waals surface area (Å²) >= 11 is 0. The summed E-state index contributed by atoms with van der Waals surface area (Å²) < 4.78 is 34.5. The van der Waals surface area contributed by atoms with Gasteiger partial charge in [-0.2, -0.15) is 0 Å². The molecule has 0 fully saturated rings. The molecule has 1 N–H and O–H groups in total. The minimum Gasteiger partial charge on any atom is -0.462 e. The van der Waals surface area contributed by atoms with E-state index in [0.29, 0.717) is 17.4 Å². The number of phosphoric ester groups is 1. The first-order valence-corrected chi connectivity index (χ1v) is 30.2. The fraction of sp³-hybridized carbons (Fsp3) is 0.767. The average molecular weight is 1000 g/mol. The fourth-order valence-electron chi connectivity index (χ4n) is 7.74. The molecule has 0 heterocycles. The normalized spacial score (nSPS) is 13.9. The van der Waals surface area contributed by atoms with Crippen LogP contribution in [0, 0.1) is 0 Å². The van der Waals surface area contributed by atoms with Crippen LogP contribution < -0.4 is 0 Å². The van der Waals surface area contributed by atoms with E-state index in [9.17, 15) is 19.0 Å². The zero-order chi connectivity index (χ0) is 51.3. The Labute approximate surface area is 431 Å². The van der Waals surface area contributed by atoms with Gasteiger partial charge in [0.15, 0.2) is 6.10 Å². The number of phosphoric acid groups is 1. The van der Waals surface area contributed by atoms with Crippen LogP contribution in [0.15, 0.2) is 72.9 Å². The summed E-state index contributed by atoms with van der Waals surface area (Å²) in [6.07, 6.45) is 66.7. The minimum atomic E-state index is -4.39. The molecule has 0 radical (unpaired) electrons. The highest BCUT2D eigenvalue weighted by Gasteiger charge is 2.27. The molecule has 0 bridgehead atoms. The fourth-order valence-corrected chi connectivity index (χ4v) is 8.48. The Balaban J connectivity index is 4.23. The molecule has 70 heavy (non-hydrogen) atoms. The van der Waals surface area contributed by atoms with E-state index in [-0.39, 0.29) is 32.0 Å². The molecule has 0 aromatic heterocycles. The van der Waals surface area contributed by atoms with Crippen LogP contribution in [0.3, 0.4) is 0 Å². The zero-order valence-corrected chi connectivity index (χ0v) is 46.9. The van der Waals surface area contributed by atoms with Crippen LogP contribution >= 0.6 is 7.82 Å². The maximum absolute atomic E-state index is 12.8. The molecule has 0 saturated carbocycles. The van der Waals surface area contributed by atoms with Crippen molar-refractivity contribution in [2.45, 2.75) is 251 Å². The molecule has 9 nitrogen and oxygen atoms in total. The van der Waals surface area contributed by atoms with Crippen molar-refractivity contribution in [2.75, 3.05) is 47.5 Å². The highest BCUT2D eigenvalue weighted by Crippen LogP contribution is 2.43. The van der Waals surface area contributed by atoms with Crippen molar-refractivity contribution in [2.24, 2.45) is 0 Å². The number of quaternary nitrogens is 1. The van der Waals surface area contributed by atoms with E-state index in [0.717, 1.165) is 83.5 Å². The van der Waals surface area contributed by atoms with Gasteiger partial charge in [0, 0.05) is 12.8 Å². The SMILES string of the molecule is CCCCCCC/C=C\C/C=C\C/C=C\CCCCCCCCCCCCC(=O)OC(COC(=O)CCCCCCCC/C=C\C/C=C\C/C=C\CCCCCCC)COP(=O)(O)OCC[N+](C)(C)C. The van der Waals surface area contributed by atoms with Crippen molar-refractivity contribution >= 4 is 19.8 Å². The van der Waals surface area contributed by atoms with Crippen molar-refractivity contribution in [1.82, 2.24) is 0 Å². The van der Waals surface area contributed by atoms with Gasteiger partial charge in [0.1, 0.15) is 19.8 Å². The van der Waals surface area contributed by atoms with Crippen LogP contribution in [0.1, 0.15) is 245 Å². The molecular weight excluding hydrogens is 894 g/mol. The zero-order valence-electron chi connectivity index (χ0n) is 46.0. The van der Waals surface area contributed by atoms with Gasteiger partial charge in [-0.1, -0.05) is 215 Å². The number of carbonyl (C=O) groups is 2. The van der Waals surface area contributed by atoms with Gasteiger partial charge in [-0.25, -0.2) is 4.57 Å². The van der Waals surface area contributed by atoms with Gasteiger partial charge in [0.25, 0.3) is 0 Å². The smallest absolute Gasteiger partial charge is 0.462 e. The molecule has 0 aliphatic carbocycles. The highest BCUT2D eigenvalue weighted by molar-refractivity contribution is 7.47. The highest BCUT2D eigenvalue weighted by atomic mass is 31.2. The topological polar surface area (TPSA) is 108 Å². The molecule has 2 unspecified atom stereocenters. The van der Waals surface area contributed by atoms with Gasteiger partial charge in [0.05, 0.1) is 27.7 Å². The number of nitrogens with zero attached hydrogens (tertiary/aromatic N) is 1. The van der Waals surface area contributed by atoms with Crippen LogP contribution in [0.25, 0.3) is 0 Å². The van der Waals surface area contributed by atoms with Crippen LogP contribution in [0.2, 0.25) is 0 Å². The van der Waals surface area contributed by atoms with Crippen LogP contribution in [0.4, 0.5) is 0 Å². The van der Waals surface area contributed by atoms with Crippen molar-refractivity contribution in [1.29, 1.82) is 0 Å². The Bertz CT molecular complexity index is 1410. The Morgan fingerprint density at radius 2 is 0.771 bits per heavy atom. The average Bonchev–Trinajstić information content (AvgIpc) is 3.32. The quantitative estimate of drug-likeness (QED) is 0.0211. The molecule has 0 aliphatic rings. The number of hydrogen-bond donors (Lipinski definition) is 1. The lowest BCUT2D eigenvalue weighted by atomic mass is 10.0. The summed E-state index contributed by atoms with van der Waals surface area (Å²) in [4.78, 5) is 35.7. The number of carbonyl (C=O) groups excluding carboxylic acids is 2. The van der Waals surface area contributed by atoms with E-state index in [1.54, 1.807) is 0 Å². The molecule has 0 amide bonds. The molecule has 2 atom stereocenters. The largest absolute Gasteiger partial charge is 0.472 e. The monoisotopic (exact) mass is 1000 g/mol. The summed E-state index contributed by atoms with van der Waals surface area (Å²) in [5.41, 5.74) is 0. The van der Waals surface area contributed by atoms with Gasteiger partial charge in [-0.3, -0.25) is 18.6 Å². The third kappa shape index (κ3) is 54.8. The number of rotatable bonds is 52. The first-order valence-electron chi connectivity index (χ1n) is 28.7. The van der Waals surface area contributed by atoms with Gasteiger partial charge in [-0.05, 0) is 89.9 Å². The second kappa shape index (κ2) is 51.4. The third-order valence-corrected chi connectivity index (χ3v) is 13.2. The molecule has 10 heteroatoms. The molecule has 0 spiro atoms. The van der Waals surface area contributed by atoms with Crippen LogP contribution in [-0.2, 0) is 32.7 Å². The van der Waals surface area contributed by atoms with Crippen LogP contribution in [0.5, 0.6) is 0 Å². The lowest BCUT2D eigenvalue weighted by molar-refractivity contribution is -0.870. The number of hydrogen-bond acceptors (Lipinski definition) is 7. The predicted molar refractivity (Wildman–Crippen MR) is 298 cm³/mol. The predicted octanol–water partition coefficient (Wildman–Crippen LogP) is 17.7. The van der Waals surface area contributed by atoms with Crippen molar-refractivity contribution < 1.29 is 42.1 Å².